The molecule has 0 aliphatic heterocycles. The van der Waals surface area contributed by atoms with Crippen LogP contribution < -0.4 is 11.1 Å². The summed E-state index contributed by atoms with van der Waals surface area (Å²) in [6.07, 6.45) is 0. The number of hydrogen-bond acceptors (Lipinski definition) is 3. The first-order valence-corrected chi connectivity index (χ1v) is 7.80. The zero-order valence-electron chi connectivity index (χ0n) is 12.6. The van der Waals surface area contributed by atoms with Crippen molar-refractivity contribution in [3.8, 4) is 0 Å². The first-order chi connectivity index (χ1) is 9.95. The molecule has 4 heteroatoms. The van der Waals surface area contributed by atoms with Gasteiger partial charge in [-0.05, 0) is 67.8 Å². The molecule has 21 heavy (non-hydrogen) atoms. The van der Waals surface area contributed by atoms with Crippen LogP contribution in [0.3, 0.4) is 0 Å². The lowest BCUT2D eigenvalue weighted by Gasteiger charge is -2.09. The summed E-state index contributed by atoms with van der Waals surface area (Å²) < 4.78 is 0. The van der Waals surface area contributed by atoms with E-state index in [2.05, 4.69) is 37.4 Å². The number of anilines is 2. The monoisotopic (exact) mass is 300 g/mol. The van der Waals surface area contributed by atoms with E-state index in [1.165, 1.54) is 11.1 Å². The van der Waals surface area contributed by atoms with Crippen molar-refractivity contribution in [2.75, 3.05) is 16.8 Å². The summed E-state index contributed by atoms with van der Waals surface area (Å²) in [5, 5.41) is 2.92. The number of carbonyl (C=O) groups is 1. The number of nitrogens with one attached hydrogen (secondary N) is 1. The number of amides is 1. The highest BCUT2D eigenvalue weighted by molar-refractivity contribution is 8.00. The second-order valence-corrected chi connectivity index (χ2v) is 6.21. The maximum absolute atomic E-state index is 12.0. The molecule has 0 aromatic heterocycles. The Hall–Kier alpha value is -1.94. The Morgan fingerprint density at radius 3 is 2.48 bits per heavy atom. The third-order valence-electron chi connectivity index (χ3n) is 3.37. The summed E-state index contributed by atoms with van der Waals surface area (Å²) in [5.74, 6) is 0.387. The van der Waals surface area contributed by atoms with Gasteiger partial charge < -0.3 is 11.1 Å². The Labute approximate surface area is 129 Å². The van der Waals surface area contributed by atoms with E-state index in [4.69, 9.17) is 5.73 Å². The van der Waals surface area contributed by atoms with Gasteiger partial charge in [0.25, 0.3) is 0 Å². The summed E-state index contributed by atoms with van der Waals surface area (Å²) in [5.41, 5.74) is 10.7. The molecule has 1 amide bonds. The Bertz CT molecular complexity index is 668. The zero-order chi connectivity index (χ0) is 15.4. The summed E-state index contributed by atoms with van der Waals surface area (Å²) in [6.45, 7) is 6.10. The normalized spacial score (nSPS) is 10.4. The average molecular weight is 300 g/mol. The molecular formula is C17H20N2OS. The lowest BCUT2D eigenvalue weighted by Crippen LogP contribution is -2.14. The fourth-order valence-corrected chi connectivity index (χ4v) is 2.76. The number of hydrogen-bond donors (Lipinski definition) is 2. The molecule has 0 saturated carbocycles. The molecule has 0 spiro atoms. The minimum absolute atomic E-state index is 0.00824. The van der Waals surface area contributed by atoms with E-state index < -0.39 is 0 Å². The molecule has 0 saturated heterocycles. The minimum Gasteiger partial charge on any atom is -0.399 e. The summed E-state index contributed by atoms with van der Waals surface area (Å²) >= 11 is 1.54. The van der Waals surface area contributed by atoms with E-state index in [9.17, 15) is 4.79 Å². The lowest BCUT2D eigenvalue weighted by atomic mass is 10.1. The van der Waals surface area contributed by atoms with Crippen LogP contribution in [0.5, 0.6) is 0 Å². The largest absolute Gasteiger partial charge is 0.399 e. The molecule has 0 bridgehead atoms. The van der Waals surface area contributed by atoms with Gasteiger partial charge in [0, 0.05) is 16.3 Å². The van der Waals surface area contributed by atoms with Crippen molar-refractivity contribution in [3.05, 3.63) is 53.1 Å². The molecule has 0 radical (unpaired) electrons. The Balaban J connectivity index is 1.94. The summed E-state index contributed by atoms with van der Waals surface area (Å²) in [7, 11) is 0. The van der Waals surface area contributed by atoms with Gasteiger partial charge in [-0.3, -0.25) is 4.79 Å². The van der Waals surface area contributed by atoms with Crippen LogP contribution in [0, 0.1) is 20.8 Å². The average Bonchev–Trinajstić information content (AvgIpc) is 2.43. The SMILES string of the molecule is Cc1ccc(SCC(=O)Nc2ccc(N)cc2C)cc1C. The van der Waals surface area contributed by atoms with E-state index in [0.29, 0.717) is 11.4 Å². The number of benzene rings is 2. The van der Waals surface area contributed by atoms with E-state index in [0.717, 1.165) is 16.1 Å². The van der Waals surface area contributed by atoms with Gasteiger partial charge in [-0.25, -0.2) is 0 Å². The van der Waals surface area contributed by atoms with Gasteiger partial charge in [-0.1, -0.05) is 6.07 Å². The molecule has 3 N–H and O–H groups in total. The van der Waals surface area contributed by atoms with E-state index in [1.807, 2.05) is 19.1 Å². The lowest BCUT2D eigenvalue weighted by molar-refractivity contribution is -0.113. The van der Waals surface area contributed by atoms with Crippen LogP contribution >= 0.6 is 11.8 Å². The topological polar surface area (TPSA) is 55.1 Å². The second-order valence-electron chi connectivity index (χ2n) is 5.16. The summed E-state index contributed by atoms with van der Waals surface area (Å²) in [4.78, 5) is 13.1. The van der Waals surface area contributed by atoms with Crippen LogP contribution in [0.1, 0.15) is 16.7 Å². The van der Waals surface area contributed by atoms with Gasteiger partial charge in [-0.2, -0.15) is 0 Å². The molecule has 2 aromatic carbocycles. The van der Waals surface area contributed by atoms with E-state index >= 15 is 0 Å². The molecule has 0 aliphatic rings. The summed E-state index contributed by atoms with van der Waals surface area (Å²) in [6, 6.07) is 11.7. The molecule has 0 aliphatic carbocycles. The highest BCUT2D eigenvalue weighted by atomic mass is 32.2. The molecular weight excluding hydrogens is 280 g/mol. The number of rotatable bonds is 4. The Morgan fingerprint density at radius 1 is 1.05 bits per heavy atom. The highest BCUT2D eigenvalue weighted by Gasteiger charge is 2.06. The van der Waals surface area contributed by atoms with Crippen LogP contribution in [0.25, 0.3) is 0 Å². The van der Waals surface area contributed by atoms with E-state index in [1.54, 1.807) is 17.8 Å². The number of thioether (sulfide) groups is 1. The zero-order valence-corrected chi connectivity index (χ0v) is 13.4. The van der Waals surface area contributed by atoms with Crippen molar-refractivity contribution < 1.29 is 4.79 Å². The van der Waals surface area contributed by atoms with Crippen molar-refractivity contribution in [3.63, 3.8) is 0 Å². The third-order valence-corrected chi connectivity index (χ3v) is 4.37. The van der Waals surface area contributed by atoms with Gasteiger partial charge in [0.05, 0.1) is 5.75 Å². The van der Waals surface area contributed by atoms with Crippen LogP contribution in [-0.2, 0) is 4.79 Å². The van der Waals surface area contributed by atoms with Gasteiger partial charge in [-0.15, -0.1) is 11.8 Å². The Morgan fingerprint density at radius 2 is 1.81 bits per heavy atom. The second kappa shape index (κ2) is 6.68. The Kier molecular flexibility index (Phi) is 4.91. The molecule has 0 atom stereocenters. The molecule has 2 aromatic rings. The van der Waals surface area contributed by atoms with Crippen molar-refractivity contribution in [1.29, 1.82) is 0 Å². The number of nitrogens with two attached hydrogens (primary N) is 1. The maximum Gasteiger partial charge on any atom is 0.234 e. The van der Waals surface area contributed by atoms with Gasteiger partial charge >= 0.3 is 0 Å². The smallest absolute Gasteiger partial charge is 0.234 e. The fourth-order valence-electron chi connectivity index (χ4n) is 1.97. The first-order valence-electron chi connectivity index (χ1n) is 6.82. The third kappa shape index (κ3) is 4.26. The molecule has 0 fully saturated rings. The van der Waals surface area contributed by atoms with Crippen molar-refractivity contribution in [1.82, 2.24) is 0 Å². The molecule has 110 valence electrons. The standard InChI is InChI=1S/C17H20N2OS/c1-11-4-6-15(9-12(11)2)21-10-17(20)19-16-7-5-14(18)8-13(16)3/h4-9H,10,18H2,1-3H3,(H,19,20). The molecule has 0 heterocycles. The molecule has 0 unspecified atom stereocenters. The van der Waals surface area contributed by atoms with Crippen LogP contribution in [0.4, 0.5) is 11.4 Å². The quantitative estimate of drug-likeness (QED) is 0.664. The number of aryl methyl sites for hydroxylation is 3. The van der Waals surface area contributed by atoms with Crippen molar-refractivity contribution in [2.45, 2.75) is 25.7 Å². The van der Waals surface area contributed by atoms with Gasteiger partial charge in [0.1, 0.15) is 0 Å². The fraction of sp³-hybridized carbons (Fsp3) is 0.235. The van der Waals surface area contributed by atoms with Gasteiger partial charge in [0.15, 0.2) is 0 Å². The predicted molar refractivity (Wildman–Crippen MR) is 90.9 cm³/mol. The molecule has 2 rings (SSSR count). The van der Waals surface area contributed by atoms with Crippen molar-refractivity contribution in [2.24, 2.45) is 0 Å². The number of carbonyl (C=O) groups excluding carboxylic acids is 1. The van der Waals surface area contributed by atoms with Crippen molar-refractivity contribution >= 4 is 29.0 Å². The first kappa shape index (κ1) is 15.4. The van der Waals surface area contributed by atoms with Crippen LogP contribution in [-0.4, -0.2) is 11.7 Å². The van der Waals surface area contributed by atoms with Crippen LogP contribution in [0.15, 0.2) is 41.3 Å². The number of nitrogen functional groups attached to an aromatic ring is 1. The van der Waals surface area contributed by atoms with E-state index in [-0.39, 0.29) is 5.91 Å². The highest BCUT2D eigenvalue weighted by Crippen LogP contribution is 2.22. The van der Waals surface area contributed by atoms with Gasteiger partial charge in [0.2, 0.25) is 5.91 Å². The van der Waals surface area contributed by atoms with Crippen LogP contribution in [0.2, 0.25) is 0 Å². The minimum atomic E-state index is -0.00824. The maximum atomic E-state index is 12.0. The molecule has 3 nitrogen and oxygen atoms in total. The predicted octanol–water partition coefficient (Wildman–Crippen LogP) is 3.92.